The summed E-state index contributed by atoms with van der Waals surface area (Å²) >= 11 is 0. The van der Waals surface area contributed by atoms with Crippen LogP contribution in [0, 0.1) is 5.82 Å². The molecule has 112 valence electrons. The fraction of sp³-hybridized carbons (Fsp3) is 0.538. The van der Waals surface area contributed by atoms with Crippen LogP contribution >= 0.6 is 0 Å². The van der Waals surface area contributed by atoms with Crippen molar-refractivity contribution in [3.8, 4) is 0 Å². The molecule has 7 heteroatoms. The smallest absolute Gasteiger partial charge is 0.243 e. The first-order valence-corrected chi connectivity index (χ1v) is 8.05. The van der Waals surface area contributed by atoms with E-state index in [9.17, 15) is 12.8 Å². The molecule has 1 aliphatic rings. The predicted molar refractivity (Wildman–Crippen MR) is 73.0 cm³/mol. The summed E-state index contributed by atoms with van der Waals surface area (Å²) in [7, 11) is -3.92. The van der Waals surface area contributed by atoms with Gasteiger partial charge in [-0.25, -0.2) is 17.5 Å². The molecule has 0 aliphatic carbocycles. The summed E-state index contributed by atoms with van der Waals surface area (Å²) in [5.41, 5.74) is 6.02. The van der Waals surface area contributed by atoms with Crippen LogP contribution in [-0.4, -0.2) is 27.2 Å². The molecule has 1 saturated heterocycles. The second kappa shape index (κ2) is 6.17. The van der Waals surface area contributed by atoms with E-state index in [2.05, 4.69) is 4.72 Å². The average Bonchev–Trinajstić information content (AvgIpc) is 2.92. The first-order valence-electron chi connectivity index (χ1n) is 6.56. The summed E-state index contributed by atoms with van der Waals surface area (Å²) < 4.78 is 46.1. The molecule has 5 nitrogen and oxygen atoms in total. The molecular weight excluding hydrogens is 283 g/mol. The molecule has 0 saturated carbocycles. The molecule has 2 atom stereocenters. The predicted octanol–water partition coefficient (Wildman–Crippen LogP) is 1.13. The fourth-order valence-corrected chi connectivity index (χ4v) is 3.66. The van der Waals surface area contributed by atoms with E-state index < -0.39 is 21.9 Å². The highest BCUT2D eigenvalue weighted by Gasteiger charge is 2.28. The van der Waals surface area contributed by atoms with E-state index in [1.807, 2.05) is 0 Å². The van der Waals surface area contributed by atoms with E-state index in [0.717, 1.165) is 18.9 Å². The molecule has 1 aromatic carbocycles. The van der Waals surface area contributed by atoms with Crippen LogP contribution in [-0.2, 0) is 21.3 Å². The highest BCUT2D eigenvalue weighted by molar-refractivity contribution is 7.89. The molecule has 1 aromatic rings. The lowest BCUT2D eigenvalue weighted by Crippen LogP contribution is -2.41. The SMILES string of the molecule is CC(NS(=O)(=O)c1cc(CN)ccc1F)C1CCCO1. The molecule has 1 heterocycles. The zero-order valence-corrected chi connectivity index (χ0v) is 12.1. The number of benzene rings is 1. The normalized spacial score (nSPS) is 21.1. The van der Waals surface area contributed by atoms with Crippen LogP contribution in [0.25, 0.3) is 0 Å². The van der Waals surface area contributed by atoms with Crippen molar-refractivity contribution in [3.05, 3.63) is 29.6 Å². The van der Waals surface area contributed by atoms with Gasteiger partial charge < -0.3 is 10.5 Å². The highest BCUT2D eigenvalue weighted by Crippen LogP contribution is 2.20. The second-order valence-corrected chi connectivity index (χ2v) is 6.61. The Hall–Kier alpha value is -1.02. The summed E-state index contributed by atoms with van der Waals surface area (Å²) in [5.74, 6) is -0.783. The van der Waals surface area contributed by atoms with Crippen molar-refractivity contribution in [1.29, 1.82) is 0 Å². The maximum Gasteiger partial charge on any atom is 0.243 e. The van der Waals surface area contributed by atoms with E-state index in [1.54, 1.807) is 6.92 Å². The number of nitrogens with one attached hydrogen (secondary N) is 1. The van der Waals surface area contributed by atoms with Crippen LogP contribution in [0.2, 0.25) is 0 Å². The van der Waals surface area contributed by atoms with Gasteiger partial charge in [-0.3, -0.25) is 0 Å². The van der Waals surface area contributed by atoms with Gasteiger partial charge >= 0.3 is 0 Å². The third-order valence-electron chi connectivity index (χ3n) is 3.38. The van der Waals surface area contributed by atoms with Crippen molar-refractivity contribution in [2.75, 3.05) is 6.61 Å². The van der Waals surface area contributed by atoms with Crippen molar-refractivity contribution < 1.29 is 17.5 Å². The van der Waals surface area contributed by atoms with Crippen LogP contribution < -0.4 is 10.5 Å². The minimum Gasteiger partial charge on any atom is -0.377 e. The molecule has 0 bridgehead atoms. The van der Waals surface area contributed by atoms with Gasteiger partial charge in [-0.05, 0) is 37.5 Å². The number of nitrogens with two attached hydrogens (primary N) is 1. The molecule has 0 spiro atoms. The monoisotopic (exact) mass is 302 g/mol. The Morgan fingerprint density at radius 2 is 2.30 bits per heavy atom. The van der Waals surface area contributed by atoms with Gasteiger partial charge in [0.1, 0.15) is 10.7 Å². The average molecular weight is 302 g/mol. The molecule has 0 radical (unpaired) electrons. The lowest BCUT2D eigenvalue weighted by molar-refractivity contribution is 0.0902. The molecule has 1 aliphatic heterocycles. The van der Waals surface area contributed by atoms with Gasteiger partial charge in [-0.1, -0.05) is 6.07 Å². The molecular formula is C13H19FN2O3S. The Labute approximate surface area is 118 Å². The number of sulfonamides is 1. The first kappa shape index (κ1) is 15.4. The van der Waals surface area contributed by atoms with Crippen LogP contribution in [0.3, 0.4) is 0 Å². The van der Waals surface area contributed by atoms with E-state index in [1.165, 1.54) is 12.1 Å². The summed E-state index contributed by atoms with van der Waals surface area (Å²) in [4.78, 5) is -0.370. The molecule has 0 amide bonds. The Morgan fingerprint density at radius 1 is 1.55 bits per heavy atom. The molecule has 2 rings (SSSR count). The molecule has 2 unspecified atom stereocenters. The summed E-state index contributed by atoms with van der Waals surface area (Å²) in [6, 6.07) is 3.45. The minimum absolute atomic E-state index is 0.157. The lowest BCUT2D eigenvalue weighted by atomic mass is 10.1. The maximum absolute atomic E-state index is 13.7. The zero-order valence-electron chi connectivity index (χ0n) is 11.3. The maximum atomic E-state index is 13.7. The Balaban J connectivity index is 2.21. The molecule has 3 N–H and O–H groups in total. The Morgan fingerprint density at radius 3 is 2.90 bits per heavy atom. The van der Waals surface area contributed by atoms with Crippen LogP contribution in [0.5, 0.6) is 0 Å². The summed E-state index contributed by atoms with van der Waals surface area (Å²) in [6.45, 7) is 2.51. The standard InChI is InChI=1S/C13H19FN2O3S/c1-9(12-3-2-6-19-12)16-20(17,18)13-7-10(8-15)4-5-11(13)14/h4-5,7,9,12,16H,2-3,6,8,15H2,1H3. The van der Waals surface area contributed by atoms with Gasteiger partial charge in [0.2, 0.25) is 10.0 Å². The Kier molecular flexibility index (Phi) is 4.74. The quantitative estimate of drug-likeness (QED) is 0.854. The molecule has 0 aromatic heterocycles. The van der Waals surface area contributed by atoms with Crippen molar-refractivity contribution in [2.45, 2.75) is 43.4 Å². The minimum atomic E-state index is -3.92. The third kappa shape index (κ3) is 3.35. The number of hydrogen-bond donors (Lipinski definition) is 2. The first-order chi connectivity index (χ1) is 9.44. The van der Waals surface area contributed by atoms with E-state index in [4.69, 9.17) is 10.5 Å². The number of halogens is 1. The highest BCUT2D eigenvalue weighted by atomic mass is 32.2. The van der Waals surface area contributed by atoms with Gasteiger partial charge in [-0.15, -0.1) is 0 Å². The van der Waals surface area contributed by atoms with E-state index in [0.29, 0.717) is 12.2 Å². The van der Waals surface area contributed by atoms with Crippen molar-refractivity contribution >= 4 is 10.0 Å². The van der Waals surface area contributed by atoms with Gasteiger partial charge in [0.05, 0.1) is 6.10 Å². The van der Waals surface area contributed by atoms with E-state index in [-0.39, 0.29) is 17.5 Å². The van der Waals surface area contributed by atoms with Crippen LogP contribution in [0.15, 0.2) is 23.1 Å². The third-order valence-corrected chi connectivity index (χ3v) is 4.96. The zero-order chi connectivity index (χ0) is 14.8. The van der Waals surface area contributed by atoms with Crippen LogP contribution in [0.1, 0.15) is 25.3 Å². The second-order valence-electron chi connectivity index (χ2n) is 4.93. The fourth-order valence-electron chi connectivity index (χ4n) is 2.26. The van der Waals surface area contributed by atoms with Gasteiger partial charge in [0.15, 0.2) is 0 Å². The summed E-state index contributed by atoms with van der Waals surface area (Å²) in [5, 5.41) is 0. The topological polar surface area (TPSA) is 81.4 Å². The molecule has 20 heavy (non-hydrogen) atoms. The lowest BCUT2D eigenvalue weighted by Gasteiger charge is -2.20. The Bertz CT molecular complexity index is 571. The van der Waals surface area contributed by atoms with E-state index >= 15 is 0 Å². The van der Waals surface area contributed by atoms with Crippen molar-refractivity contribution in [3.63, 3.8) is 0 Å². The number of ether oxygens (including phenoxy) is 1. The van der Waals surface area contributed by atoms with Crippen LogP contribution in [0.4, 0.5) is 4.39 Å². The van der Waals surface area contributed by atoms with Crippen molar-refractivity contribution in [1.82, 2.24) is 4.72 Å². The molecule has 1 fully saturated rings. The van der Waals surface area contributed by atoms with Crippen molar-refractivity contribution in [2.24, 2.45) is 5.73 Å². The van der Waals surface area contributed by atoms with Gasteiger partial charge in [-0.2, -0.15) is 0 Å². The van der Waals surface area contributed by atoms with Gasteiger partial charge in [0, 0.05) is 19.2 Å². The largest absolute Gasteiger partial charge is 0.377 e. The number of rotatable bonds is 5. The number of hydrogen-bond acceptors (Lipinski definition) is 4. The summed E-state index contributed by atoms with van der Waals surface area (Å²) in [6.07, 6.45) is 1.55. The van der Waals surface area contributed by atoms with Gasteiger partial charge in [0.25, 0.3) is 0 Å².